The van der Waals surface area contributed by atoms with Crippen LogP contribution in [0.5, 0.6) is 0 Å². The number of nitrogens with zero attached hydrogens (tertiary/aromatic N) is 2. The zero-order valence-corrected chi connectivity index (χ0v) is 10.9. The third-order valence-electron chi connectivity index (χ3n) is 3.31. The fourth-order valence-electron chi connectivity index (χ4n) is 2.27. The van der Waals surface area contributed by atoms with Crippen molar-refractivity contribution in [1.82, 2.24) is 9.97 Å². The van der Waals surface area contributed by atoms with E-state index in [1.807, 2.05) is 0 Å². The van der Waals surface area contributed by atoms with Crippen LogP contribution in [0.3, 0.4) is 0 Å². The lowest BCUT2D eigenvalue weighted by Crippen LogP contribution is -2.14. The highest BCUT2D eigenvalue weighted by Crippen LogP contribution is 2.25. The number of hydrogen-bond acceptors (Lipinski definition) is 4. The molecule has 1 saturated carbocycles. The molecule has 0 amide bonds. The second kappa shape index (κ2) is 6.52. The van der Waals surface area contributed by atoms with Crippen LogP contribution in [-0.4, -0.2) is 23.1 Å². The molecule has 0 aromatic carbocycles. The van der Waals surface area contributed by atoms with Crippen LogP contribution in [0.4, 0.5) is 16.2 Å². The van der Waals surface area contributed by atoms with Crippen LogP contribution in [0, 0.1) is 11.7 Å². The number of rotatable bonds is 6. The van der Waals surface area contributed by atoms with E-state index in [1.165, 1.54) is 31.9 Å². The summed E-state index contributed by atoms with van der Waals surface area (Å²) in [7, 11) is 0. The lowest BCUT2D eigenvalue weighted by Gasteiger charge is -2.12. The molecule has 4 nitrogen and oxygen atoms in total. The van der Waals surface area contributed by atoms with E-state index in [-0.39, 0.29) is 5.82 Å². The number of aromatic nitrogens is 2. The van der Waals surface area contributed by atoms with Gasteiger partial charge in [0.05, 0.1) is 6.20 Å². The zero-order chi connectivity index (χ0) is 12.8. The maximum atomic E-state index is 13.6. The van der Waals surface area contributed by atoms with Gasteiger partial charge in [0.15, 0.2) is 11.6 Å². The molecule has 1 aromatic heterocycles. The van der Waals surface area contributed by atoms with Crippen LogP contribution >= 0.6 is 0 Å². The van der Waals surface area contributed by atoms with Gasteiger partial charge in [0.25, 0.3) is 0 Å². The van der Waals surface area contributed by atoms with E-state index in [9.17, 15) is 4.39 Å². The van der Waals surface area contributed by atoms with E-state index in [0.29, 0.717) is 17.7 Å². The lowest BCUT2D eigenvalue weighted by atomic mass is 10.1. The number of hydrogen-bond donors (Lipinski definition) is 2. The summed E-state index contributed by atoms with van der Waals surface area (Å²) >= 11 is 0. The second-order valence-electron chi connectivity index (χ2n) is 4.85. The minimum Gasteiger partial charge on any atom is -0.367 e. The van der Waals surface area contributed by atoms with Gasteiger partial charge in [0.2, 0.25) is 5.95 Å². The van der Waals surface area contributed by atoms with Gasteiger partial charge in [0, 0.05) is 13.1 Å². The predicted octanol–water partition coefficient (Wildman–Crippen LogP) is 3.04. The number of anilines is 2. The van der Waals surface area contributed by atoms with E-state index < -0.39 is 0 Å². The Kier molecular flexibility index (Phi) is 4.73. The largest absolute Gasteiger partial charge is 0.367 e. The fourth-order valence-corrected chi connectivity index (χ4v) is 2.27. The van der Waals surface area contributed by atoms with Crippen molar-refractivity contribution < 1.29 is 4.39 Å². The second-order valence-corrected chi connectivity index (χ2v) is 4.85. The molecule has 0 atom stereocenters. The summed E-state index contributed by atoms with van der Waals surface area (Å²) in [4.78, 5) is 8.08. The molecule has 1 heterocycles. The van der Waals surface area contributed by atoms with E-state index >= 15 is 0 Å². The molecule has 18 heavy (non-hydrogen) atoms. The fraction of sp³-hybridized carbons (Fsp3) is 0.692. The average molecular weight is 252 g/mol. The highest BCUT2D eigenvalue weighted by Gasteiger charge is 2.15. The third-order valence-corrected chi connectivity index (χ3v) is 3.31. The van der Waals surface area contributed by atoms with Gasteiger partial charge in [-0.2, -0.15) is 4.98 Å². The van der Waals surface area contributed by atoms with Crippen molar-refractivity contribution in [1.29, 1.82) is 0 Å². The molecular weight excluding hydrogens is 231 g/mol. The van der Waals surface area contributed by atoms with Crippen LogP contribution in [0.15, 0.2) is 6.20 Å². The molecule has 1 aliphatic rings. The van der Waals surface area contributed by atoms with Gasteiger partial charge in [0.1, 0.15) is 0 Å². The molecule has 0 saturated heterocycles. The van der Waals surface area contributed by atoms with Crippen molar-refractivity contribution in [3.05, 3.63) is 12.0 Å². The van der Waals surface area contributed by atoms with Gasteiger partial charge < -0.3 is 10.6 Å². The quantitative estimate of drug-likeness (QED) is 0.817. The Morgan fingerprint density at radius 2 is 2.11 bits per heavy atom. The first-order valence-corrected chi connectivity index (χ1v) is 6.80. The maximum absolute atomic E-state index is 13.6. The van der Waals surface area contributed by atoms with Crippen molar-refractivity contribution in [3.8, 4) is 0 Å². The Morgan fingerprint density at radius 3 is 2.83 bits per heavy atom. The molecular formula is C13H21FN4. The summed E-state index contributed by atoms with van der Waals surface area (Å²) in [5.41, 5.74) is 0. The van der Waals surface area contributed by atoms with Crippen molar-refractivity contribution >= 4 is 11.8 Å². The summed E-state index contributed by atoms with van der Waals surface area (Å²) in [5, 5.41) is 6.17. The van der Waals surface area contributed by atoms with E-state index in [4.69, 9.17) is 0 Å². The third kappa shape index (κ3) is 3.55. The Labute approximate surface area is 107 Å². The predicted molar refractivity (Wildman–Crippen MR) is 71.2 cm³/mol. The maximum Gasteiger partial charge on any atom is 0.224 e. The van der Waals surface area contributed by atoms with Crippen molar-refractivity contribution in [2.24, 2.45) is 5.92 Å². The molecule has 0 aliphatic heterocycles. The molecule has 0 spiro atoms. The summed E-state index contributed by atoms with van der Waals surface area (Å²) in [5.74, 6) is 1.09. The normalized spacial score (nSPS) is 15.9. The first kappa shape index (κ1) is 13.1. The van der Waals surface area contributed by atoms with E-state index in [2.05, 4.69) is 27.5 Å². The van der Waals surface area contributed by atoms with Crippen LogP contribution in [0.25, 0.3) is 0 Å². The molecule has 100 valence electrons. The minimum atomic E-state index is -0.380. The van der Waals surface area contributed by atoms with Gasteiger partial charge >= 0.3 is 0 Å². The van der Waals surface area contributed by atoms with Crippen molar-refractivity contribution in [2.75, 3.05) is 23.7 Å². The zero-order valence-electron chi connectivity index (χ0n) is 10.9. The highest BCUT2D eigenvalue weighted by molar-refractivity contribution is 5.41. The van der Waals surface area contributed by atoms with Gasteiger partial charge in [-0.15, -0.1) is 0 Å². The number of halogens is 1. The molecule has 5 heteroatoms. The summed E-state index contributed by atoms with van der Waals surface area (Å²) in [6, 6.07) is 0. The summed E-state index contributed by atoms with van der Waals surface area (Å²) in [6.07, 6.45) is 7.28. The molecule has 0 bridgehead atoms. The minimum absolute atomic E-state index is 0.315. The van der Waals surface area contributed by atoms with Crippen LogP contribution < -0.4 is 10.6 Å². The molecule has 2 N–H and O–H groups in total. The monoisotopic (exact) mass is 252 g/mol. The molecule has 2 rings (SSSR count). The van der Waals surface area contributed by atoms with E-state index in [0.717, 1.165) is 19.5 Å². The van der Waals surface area contributed by atoms with Gasteiger partial charge in [-0.25, -0.2) is 9.37 Å². The Bertz CT molecular complexity index is 377. The van der Waals surface area contributed by atoms with Gasteiger partial charge in [-0.3, -0.25) is 0 Å². The first-order chi connectivity index (χ1) is 8.79. The molecule has 1 fully saturated rings. The molecule has 1 aromatic rings. The van der Waals surface area contributed by atoms with E-state index in [1.54, 1.807) is 0 Å². The van der Waals surface area contributed by atoms with Crippen molar-refractivity contribution in [3.63, 3.8) is 0 Å². The Balaban J connectivity index is 1.92. The van der Waals surface area contributed by atoms with Crippen LogP contribution in [0.2, 0.25) is 0 Å². The topological polar surface area (TPSA) is 49.8 Å². The molecule has 0 unspecified atom stereocenters. The van der Waals surface area contributed by atoms with Crippen LogP contribution in [-0.2, 0) is 0 Å². The Hall–Kier alpha value is -1.39. The first-order valence-electron chi connectivity index (χ1n) is 6.80. The Morgan fingerprint density at radius 1 is 1.33 bits per heavy atom. The smallest absolute Gasteiger partial charge is 0.224 e. The SMILES string of the molecule is CCCNc1ncc(F)c(NCC2CCCC2)n1. The van der Waals surface area contributed by atoms with Gasteiger partial charge in [-0.05, 0) is 25.2 Å². The average Bonchev–Trinajstić information content (AvgIpc) is 2.89. The standard InChI is InChI=1S/C13H21FN4/c1-2-7-15-13-17-9-11(14)12(18-13)16-8-10-5-3-4-6-10/h9-10H,2-8H2,1H3,(H2,15,16,17,18). The summed E-state index contributed by atoms with van der Waals surface area (Å²) in [6.45, 7) is 3.67. The highest BCUT2D eigenvalue weighted by atomic mass is 19.1. The lowest BCUT2D eigenvalue weighted by molar-refractivity contribution is 0.570. The molecule has 0 radical (unpaired) electrons. The van der Waals surface area contributed by atoms with Crippen LogP contribution in [0.1, 0.15) is 39.0 Å². The summed E-state index contributed by atoms with van der Waals surface area (Å²) < 4.78 is 13.6. The van der Waals surface area contributed by atoms with Crippen molar-refractivity contribution in [2.45, 2.75) is 39.0 Å². The van der Waals surface area contributed by atoms with Gasteiger partial charge in [-0.1, -0.05) is 19.8 Å². The number of nitrogens with one attached hydrogen (secondary N) is 2. The molecule has 1 aliphatic carbocycles.